The first kappa shape index (κ1) is 21.2. The van der Waals surface area contributed by atoms with Crippen LogP contribution in [0.1, 0.15) is 24.8 Å². The highest BCUT2D eigenvalue weighted by molar-refractivity contribution is 5.80. The molecule has 3 rings (SSSR count). The lowest BCUT2D eigenvalue weighted by atomic mass is 9.95. The molecule has 0 bridgehead atoms. The summed E-state index contributed by atoms with van der Waals surface area (Å²) >= 11 is 0. The predicted octanol–water partition coefficient (Wildman–Crippen LogP) is 2.03. The molecule has 1 aliphatic heterocycles. The van der Waals surface area contributed by atoms with Crippen molar-refractivity contribution in [1.82, 2.24) is 15.6 Å². The largest absolute Gasteiger partial charge is 0.366 e. The molecule has 0 atom stereocenters. The van der Waals surface area contributed by atoms with E-state index in [4.69, 9.17) is 0 Å². The van der Waals surface area contributed by atoms with Crippen molar-refractivity contribution in [2.75, 3.05) is 24.5 Å². The van der Waals surface area contributed by atoms with Crippen LogP contribution in [0, 0.1) is 16.0 Å². The number of nitrogens with zero attached hydrogens (tertiary/aromatic N) is 3. The Kier molecular flexibility index (Phi) is 7.31. The first-order chi connectivity index (χ1) is 14.5. The maximum Gasteiger partial charge on any atom is 0.292 e. The number of carbonyl (C=O) groups excluding carboxylic acids is 2. The molecule has 2 amide bonds. The number of nitro benzene ring substituents is 1. The normalized spacial score (nSPS) is 14.2. The van der Waals surface area contributed by atoms with Gasteiger partial charge in [0.1, 0.15) is 5.69 Å². The van der Waals surface area contributed by atoms with E-state index in [9.17, 15) is 19.7 Å². The summed E-state index contributed by atoms with van der Waals surface area (Å²) in [7, 11) is 0. The zero-order chi connectivity index (χ0) is 21.3. The molecule has 158 valence electrons. The third kappa shape index (κ3) is 5.76. The molecule has 2 aromatic rings. The number of amides is 2. The van der Waals surface area contributed by atoms with Gasteiger partial charge in [-0.1, -0.05) is 12.1 Å². The van der Waals surface area contributed by atoms with Gasteiger partial charge >= 0.3 is 0 Å². The summed E-state index contributed by atoms with van der Waals surface area (Å²) in [5.41, 5.74) is 1.64. The van der Waals surface area contributed by atoms with Gasteiger partial charge in [-0.05, 0) is 36.6 Å². The zero-order valence-electron chi connectivity index (χ0n) is 16.6. The lowest BCUT2D eigenvalue weighted by molar-refractivity contribution is -0.384. The standard InChI is InChI=1S/C21H25N5O4/c27-20(24-15-16-5-10-22-11-6-16)7-12-23-21(28)17-8-13-25(14-9-17)18-3-1-2-4-19(18)26(29)30/h1-6,10-11,17H,7-9,12-15H2,(H,23,28)(H,24,27). The number of aromatic nitrogens is 1. The van der Waals surface area contributed by atoms with Crippen LogP contribution in [0.5, 0.6) is 0 Å². The number of hydrogen-bond donors (Lipinski definition) is 2. The minimum atomic E-state index is -0.381. The van der Waals surface area contributed by atoms with E-state index in [0.717, 1.165) is 5.56 Å². The number of carbonyl (C=O) groups is 2. The van der Waals surface area contributed by atoms with Crippen molar-refractivity contribution >= 4 is 23.2 Å². The number of pyridine rings is 1. The third-order valence-corrected chi connectivity index (χ3v) is 5.18. The second-order valence-corrected chi connectivity index (χ2v) is 7.18. The fourth-order valence-corrected chi connectivity index (χ4v) is 3.50. The van der Waals surface area contributed by atoms with Gasteiger partial charge in [-0.3, -0.25) is 24.7 Å². The highest BCUT2D eigenvalue weighted by Crippen LogP contribution is 2.31. The molecule has 0 spiro atoms. The van der Waals surface area contributed by atoms with Crippen LogP contribution in [0.3, 0.4) is 0 Å². The Hall–Kier alpha value is -3.49. The number of nitro groups is 1. The second-order valence-electron chi connectivity index (χ2n) is 7.18. The summed E-state index contributed by atoms with van der Waals surface area (Å²) in [4.78, 5) is 41.0. The van der Waals surface area contributed by atoms with Crippen LogP contribution in [0.25, 0.3) is 0 Å². The molecule has 0 aliphatic carbocycles. The van der Waals surface area contributed by atoms with Crippen LogP contribution in [0.2, 0.25) is 0 Å². The van der Waals surface area contributed by atoms with Gasteiger partial charge in [0.2, 0.25) is 11.8 Å². The quantitative estimate of drug-likeness (QED) is 0.507. The van der Waals surface area contributed by atoms with Crippen molar-refractivity contribution in [2.45, 2.75) is 25.8 Å². The fraction of sp³-hybridized carbons (Fsp3) is 0.381. The molecule has 9 heteroatoms. The number of benzene rings is 1. The van der Waals surface area contributed by atoms with E-state index in [0.29, 0.717) is 38.2 Å². The number of hydrogen-bond acceptors (Lipinski definition) is 6. The number of para-hydroxylation sites is 2. The van der Waals surface area contributed by atoms with Crippen molar-refractivity contribution in [1.29, 1.82) is 0 Å². The monoisotopic (exact) mass is 411 g/mol. The Balaban J connectivity index is 1.38. The Bertz CT molecular complexity index is 882. The summed E-state index contributed by atoms with van der Waals surface area (Å²) in [6.07, 6.45) is 4.79. The molecule has 30 heavy (non-hydrogen) atoms. The number of nitrogens with one attached hydrogen (secondary N) is 2. The summed E-state index contributed by atoms with van der Waals surface area (Å²) in [5, 5.41) is 16.9. The average molecular weight is 411 g/mol. The van der Waals surface area contributed by atoms with Gasteiger partial charge < -0.3 is 15.5 Å². The van der Waals surface area contributed by atoms with Crippen molar-refractivity contribution in [3.63, 3.8) is 0 Å². The summed E-state index contributed by atoms with van der Waals surface area (Å²) in [5.74, 6) is -0.346. The lowest BCUT2D eigenvalue weighted by Crippen LogP contribution is -2.41. The Morgan fingerprint density at radius 2 is 1.80 bits per heavy atom. The van der Waals surface area contributed by atoms with Gasteiger partial charge in [-0.15, -0.1) is 0 Å². The Morgan fingerprint density at radius 1 is 1.10 bits per heavy atom. The highest BCUT2D eigenvalue weighted by atomic mass is 16.6. The molecule has 2 heterocycles. The van der Waals surface area contributed by atoms with Gasteiger partial charge in [0.25, 0.3) is 5.69 Å². The van der Waals surface area contributed by atoms with Crippen LogP contribution >= 0.6 is 0 Å². The highest BCUT2D eigenvalue weighted by Gasteiger charge is 2.27. The van der Waals surface area contributed by atoms with Gasteiger partial charge in [0.15, 0.2) is 0 Å². The smallest absolute Gasteiger partial charge is 0.292 e. The molecule has 1 aliphatic rings. The van der Waals surface area contributed by atoms with Gasteiger partial charge in [0, 0.05) is 57.0 Å². The van der Waals surface area contributed by atoms with Crippen LogP contribution in [0.15, 0.2) is 48.8 Å². The minimum Gasteiger partial charge on any atom is -0.366 e. The van der Waals surface area contributed by atoms with Crippen LogP contribution in [-0.2, 0) is 16.1 Å². The molecular formula is C21H25N5O4. The van der Waals surface area contributed by atoms with Crippen molar-refractivity contribution < 1.29 is 14.5 Å². The zero-order valence-corrected chi connectivity index (χ0v) is 16.6. The third-order valence-electron chi connectivity index (χ3n) is 5.18. The topological polar surface area (TPSA) is 117 Å². The number of rotatable bonds is 8. The fourth-order valence-electron chi connectivity index (χ4n) is 3.50. The maximum atomic E-state index is 12.4. The number of piperidine rings is 1. The Labute approximate surface area is 174 Å². The molecule has 0 unspecified atom stereocenters. The minimum absolute atomic E-state index is 0.0702. The Morgan fingerprint density at radius 3 is 2.50 bits per heavy atom. The molecular weight excluding hydrogens is 386 g/mol. The van der Waals surface area contributed by atoms with E-state index in [1.54, 1.807) is 30.6 Å². The summed E-state index contributed by atoms with van der Waals surface area (Å²) in [6, 6.07) is 10.3. The second kappa shape index (κ2) is 10.3. The molecule has 9 nitrogen and oxygen atoms in total. The molecule has 0 radical (unpaired) electrons. The molecule has 1 saturated heterocycles. The molecule has 1 aromatic carbocycles. The van der Waals surface area contributed by atoms with E-state index < -0.39 is 0 Å². The van der Waals surface area contributed by atoms with E-state index in [2.05, 4.69) is 15.6 Å². The predicted molar refractivity (Wildman–Crippen MR) is 112 cm³/mol. The molecule has 2 N–H and O–H groups in total. The van der Waals surface area contributed by atoms with Crippen molar-refractivity contribution in [2.24, 2.45) is 5.92 Å². The van der Waals surface area contributed by atoms with Crippen LogP contribution < -0.4 is 15.5 Å². The molecule has 1 fully saturated rings. The van der Waals surface area contributed by atoms with Gasteiger partial charge in [-0.25, -0.2) is 0 Å². The van der Waals surface area contributed by atoms with E-state index in [1.165, 1.54) is 6.07 Å². The first-order valence-corrected chi connectivity index (χ1v) is 9.96. The van der Waals surface area contributed by atoms with E-state index >= 15 is 0 Å². The maximum absolute atomic E-state index is 12.4. The summed E-state index contributed by atoms with van der Waals surface area (Å²) < 4.78 is 0. The van der Waals surface area contributed by atoms with Crippen LogP contribution in [-0.4, -0.2) is 41.4 Å². The van der Waals surface area contributed by atoms with Crippen molar-refractivity contribution in [3.8, 4) is 0 Å². The van der Waals surface area contributed by atoms with Crippen LogP contribution in [0.4, 0.5) is 11.4 Å². The van der Waals surface area contributed by atoms with Gasteiger partial charge in [-0.2, -0.15) is 0 Å². The number of anilines is 1. The van der Waals surface area contributed by atoms with E-state index in [1.807, 2.05) is 17.0 Å². The SMILES string of the molecule is O=C(CCNC(=O)C1CCN(c2ccccc2[N+](=O)[O-])CC1)NCc1ccncc1. The van der Waals surface area contributed by atoms with Crippen molar-refractivity contribution in [3.05, 3.63) is 64.5 Å². The van der Waals surface area contributed by atoms with E-state index in [-0.39, 0.29) is 41.3 Å². The summed E-state index contributed by atoms with van der Waals surface area (Å²) in [6.45, 7) is 1.87. The first-order valence-electron chi connectivity index (χ1n) is 9.96. The lowest BCUT2D eigenvalue weighted by Gasteiger charge is -2.32. The molecule has 0 saturated carbocycles. The molecule has 1 aromatic heterocycles. The van der Waals surface area contributed by atoms with Gasteiger partial charge in [0.05, 0.1) is 4.92 Å². The average Bonchev–Trinajstić information content (AvgIpc) is 2.78.